The van der Waals surface area contributed by atoms with Crippen molar-refractivity contribution in [2.75, 3.05) is 19.6 Å². The zero-order valence-corrected chi connectivity index (χ0v) is 7.34. The first-order chi connectivity index (χ1) is 5.38. The molecule has 0 amide bonds. The van der Waals surface area contributed by atoms with E-state index in [1.165, 1.54) is 38.9 Å². The van der Waals surface area contributed by atoms with Crippen LogP contribution in [0.2, 0.25) is 0 Å². The minimum absolute atomic E-state index is 0.730. The standard InChI is InChI=1S/C9H18N2/c1-8-9(4-5-10-8)11-6-2-3-7-11/h8-10H,2-7H2,1H3/t8-,9+/m0/s1. The molecule has 64 valence electrons. The molecular formula is C9H18N2. The minimum Gasteiger partial charge on any atom is -0.313 e. The molecule has 2 heterocycles. The Bertz CT molecular complexity index is 130. The Morgan fingerprint density at radius 1 is 1.27 bits per heavy atom. The van der Waals surface area contributed by atoms with Crippen LogP contribution in [0.4, 0.5) is 0 Å². The Balaban J connectivity index is 1.92. The molecule has 2 aliphatic rings. The molecule has 0 aliphatic carbocycles. The predicted molar refractivity (Wildman–Crippen MR) is 46.7 cm³/mol. The van der Waals surface area contributed by atoms with E-state index in [0.29, 0.717) is 0 Å². The summed E-state index contributed by atoms with van der Waals surface area (Å²) < 4.78 is 0. The molecule has 0 saturated carbocycles. The highest BCUT2D eigenvalue weighted by atomic mass is 15.2. The van der Waals surface area contributed by atoms with Gasteiger partial charge in [0.05, 0.1) is 0 Å². The van der Waals surface area contributed by atoms with Crippen LogP contribution in [0.25, 0.3) is 0 Å². The Labute approximate surface area is 69.0 Å². The number of hydrogen-bond donors (Lipinski definition) is 1. The van der Waals surface area contributed by atoms with Crippen LogP contribution in [-0.2, 0) is 0 Å². The van der Waals surface area contributed by atoms with Gasteiger partial charge < -0.3 is 5.32 Å². The van der Waals surface area contributed by atoms with Crippen molar-refractivity contribution in [3.8, 4) is 0 Å². The monoisotopic (exact) mass is 154 g/mol. The van der Waals surface area contributed by atoms with Gasteiger partial charge in [-0.2, -0.15) is 0 Å². The predicted octanol–water partition coefficient (Wildman–Crippen LogP) is 0.833. The van der Waals surface area contributed by atoms with E-state index in [2.05, 4.69) is 17.1 Å². The molecule has 0 spiro atoms. The average molecular weight is 154 g/mol. The van der Waals surface area contributed by atoms with Gasteiger partial charge in [0.2, 0.25) is 0 Å². The highest BCUT2D eigenvalue weighted by Gasteiger charge is 2.29. The van der Waals surface area contributed by atoms with Crippen molar-refractivity contribution in [2.24, 2.45) is 0 Å². The maximum atomic E-state index is 3.50. The van der Waals surface area contributed by atoms with Crippen molar-refractivity contribution < 1.29 is 0 Å². The smallest absolute Gasteiger partial charge is 0.0258 e. The maximum Gasteiger partial charge on any atom is 0.0258 e. The van der Waals surface area contributed by atoms with Crippen molar-refractivity contribution in [2.45, 2.75) is 38.3 Å². The maximum absolute atomic E-state index is 3.50. The Morgan fingerprint density at radius 2 is 2.00 bits per heavy atom. The molecule has 11 heavy (non-hydrogen) atoms. The van der Waals surface area contributed by atoms with Gasteiger partial charge in [0.15, 0.2) is 0 Å². The van der Waals surface area contributed by atoms with E-state index in [1.54, 1.807) is 0 Å². The first-order valence-electron chi connectivity index (χ1n) is 4.85. The van der Waals surface area contributed by atoms with Crippen molar-refractivity contribution in [1.82, 2.24) is 10.2 Å². The van der Waals surface area contributed by atoms with Gasteiger partial charge in [0.1, 0.15) is 0 Å². The lowest BCUT2D eigenvalue weighted by molar-refractivity contribution is 0.229. The van der Waals surface area contributed by atoms with Crippen LogP contribution in [0.5, 0.6) is 0 Å². The fraction of sp³-hybridized carbons (Fsp3) is 1.00. The highest BCUT2D eigenvalue weighted by molar-refractivity contribution is 4.89. The van der Waals surface area contributed by atoms with Crippen LogP contribution < -0.4 is 5.32 Å². The molecule has 2 atom stereocenters. The van der Waals surface area contributed by atoms with Gasteiger partial charge >= 0.3 is 0 Å². The highest BCUT2D eigenvalue weighted by Crippen LogP contribution is 2.19. The van der Waals surface area contributed by atoms with Crippen LogP contribution in [0.1, 0.15) is 26.2 Å². The lowest BCUT2D eigenvalue weighted by Gasteiger charge is -2.26. The second kappa shape index (κ2) is 3.11. The number of nitrogens with one attached hydrogen (secondary N) is 1. The third-order valence-electron chi connectivity index (χ3n) is 3.09. The summed E-state index contributed by atoms with van der Waals surface area (Å²) in [5, 5.41) is 3.50. The summed E-state index contributed by atoms with van der Waals surface area (Å²) in [5.74, 6) is 0. The Morgan fingerprint density at radius 3 is 2.55 bits per heavy atom. The van der Waals surface area contributed by atoms with E-state index >= 15 is 0 Å². The van der Waals surface area contributed by atoms with Gasteiger partial charge in [0, 0.05) is 12.1 Å². The van der Waals surface area contributed by atoms with E-state index in [-0.39, 0.29) is 0 Å². The van der Waals surface area contributed by atoms with Crippen molar-refractivity contribution in [3.63, 3.8) is 0 Å². The normalized spacial score (nSPS) is 40.1. The molecule has 1 N–H and O–H groups in total. The summed E-state index contributed by atoms with van der Waals surface area (Å²) >= 11 is 0. The molecule has 0 aromatic carbocycles. The molecule has 0 radical (unpaired) electrons. The number of hydrogen-bond acceptors (Lipinski definition) is 2. The van der Waals surface area contributed by atoms with Crippen molar-refractivity contribution >= 4 is 0 Å². The van der Waals surface area contributed by atoms with Gasteiger partial charge in [-0.25, -0.2) is 0 Å². The first-order valence-corrected chi connectivity index (χ1v) is 4.85. The van der Waals surface area contributed by atoms with Gasteiger partial charge in [-0.3, -0.25) is 4.90 Å². The van der Waals surface area contributed by atoms with Gasteiger partial charge in [-0.05, 0) is 45.8 Å². The number of rotatable bonds is 1. The molecule has 0 aromatic heterocycles. The molecule has 0 bridgehead atoms. The Hall–Kier alpha value is -0.0800. The topological polar surface area (TPSA) is 15.3 Å². The summed E-state index contributed by atoms with van der Waals surface area (Å²) in [5.41, 5.74) is 0. The molecule has 2 heteroatoms. The van der Waals surface area contributed by atoms with Gasteiger partial charge in [-0.1, -0.05) is 0 Å². The fourth-order valence-corrected chi connectivity index (χ4v) is 2.42. The molecule has 2 rings (SSSR count). The van der Waals surface area contributed by atoms with Gasteiger partial charge in [0.25, 0.3) is 0 Å². The third-order valence-corrected chi connectivity index (χ3v) is 3.09. The van der Waals surface area contributed by atoms with E-state index in [9.17, 15) is 0 Å². The van der Waals surface area contributed by atoms with Crippen LogP contribution in [0.3, 0.4) is 0 Å². The molecule has 2 saturated heterocycles. The second-order valence-electron chi connectivity index (χ2n) is 3.84. The van der Waals surface area contributed by atoms with Crippen LogP contribution in [-0.4, -0.2) is 36.6 Å². The Kier molecular flexibility index (Phi) is 2.14. The van der Waals surface area contributed by atoms with Crippen molar-refractivity contribution in [3.05, 3.63) is 0 Å². The summed E-state index contributed by atoms with van der Waals surface area (Å²) in [6, 6.07) is 1.57. The lowest BCUT2D eigenvalue weighted by Crippen LogP contribution is -2.40. The third kappa shape index (κ3) is 1.42. The van der Waals surface area contributed by atoms with Crippen LogP contribution in [0, 0.1) is 0 Å². The largest absolute Gasteiger partial charge is 0.313 e. The van der Waals surface area contributed by atoms with Gasteiger partial charge in [-0.15, -0.1) is 0 Å². The molecule has 0 aromatic rings. The van der Waals surface area contributed by atoms with E-state index in [4.69, 9.17) is 0 Å². The number of nitrogens with zero attached hydrogens (tertiary/aromatic N) is 1. The molecule has 0 unspecified atom stereocenters. The zero-order chi connectivity index (χ0) is 7.68. The molecule has 2 fully saturated rings. The molecule has 2 nitrogen and oxygen atoms in total. The summed E-state index contributed by atoms with van der Waals surface area (Å²) in [4.78, 5) is 2.66. The van der Waals surface area contributed by atoms with Crippen LogP contribution in [0.15, 0.2) is 0 Å². The second-order valence-corrected chi connectivity index (χ2v) is 3.84. The molecular weight excluding hydrogens is 136 g/mol. The molecule has 2 aliphatic heterocycles. The quantitative estimate of drug-likeness (QED) is 0.602. The SMILES string of the molecule is C[C@@H]1NCC[C@H]1N1CCCC1. The summed E-state index contributed by atoms with van der Waals surface area (Å²) in [6.45, 7) is 6.23. The van der Waals surface area contributed by atoms with Crippen LogP contribution >= 0.6 is 0 Å². The zero-order valence-electron chi connectivity index (χ0n) is 7.34. The minimum atomic E-state index is 0.730. The van der Waals surface area contributed by atoms with E-state index in [1.807, 2.05) is 0 Å². The summed E-state index contributed by atoms with van der Waals surface area (Å²) in [6.07, 6.45) is 4.20. The number of likely N-dealkylation sites (tertiary alicyclic amines) is 1. The average Bonchev–Trinajstić information content (AvgIpc) is 2.55. The lowest BCUT2D eigenvalue weighted by atomic mass is 10.1. The fourth-order valence-electron chi connectivity index (χ4n) is 2.42. The van der Waals surface area contributed by atoms with E-state index < -0.39 is 0 Å². The first kappa shape index (κ1) is 7.56. The van der Waals surface area contributed by atoms with E-state index in [0.717, 1.165) is 12.1 Å². The summed E-state index contributed by atoms with van der Waals surface area (Å²) in [7, 11) is 0. The van der Waals surface area contributed by atoms with Crippen molar-refractivity contribution in [1.29, 1.82) is 0 Å².